The second-order valence-electron chi connectivity index (χ2n) is 4.83. The summed E-state index contributed by atoms with van der Waals surface area (Å²) in [5, 5.41) is 10.3. The lowest BCUT2D eigenvalue weighted by Gasteiger charge is -2.20. The summed E-state index contributed by atoms with van der Waals surface area (Å²) >= 11 is 6.20. The molecule has 2 aliphatic rings. The van der Waals surface area contributed by atoms with Gasteiger partial charge in [-0.15, -0.1) is 0 Å². The monoisotopic (exact) mass is 222 g/mol. The molecule has 0 saturated heterocycles. The van der Waals surface area contributed by atoms with Crippen molar-refractivity contribution in [3.63, 3.8) is 0 Å². The zero-order chi connectivity index (χ0) is 10.6. The van der Waals surface area contributed by atoms with Gasteiger partial charge in [-0.3, -0.25) is 0 Å². The van der Waals surface area contributed by atoms with Crippen molar-refractivity contribution >= 4 is 11.6 Å². The number of hydrogen-bond acceptors (Lipinski definition) is 1. The van der Waals surface area contributed by atoms with Crippen LogP contribution < -0.4 is 0 Å². The Balaban J connectivity index is 2.27. The van der Waals surface area contributed by atoms with Gasteiger partial charge in [0.05, 0.1) is 6.61 Å². The maximum Gasteiger partial charge on any atom is 0.0687 e. The Labute approximate surface area is 95.1 Å². The van der Waals surface area contributed by atoms with Crippen LogP contribution >= 0.6 is 11.6 Å². The number of hydrogen-bond donors (Lipinski definition) is 1. The Hall–Kier alpha value is -0.530. The molecule has 3 rings (SSSR count). The minimum absolute atomic E-state index is 0.137. The molecule has 1 N–H and O–H groups in total. The third kappa shape index (κ3) is 1.20. The van der Waals surface area contributed by atoms with E-state index in [1.165, 1.54) is 30.4 Å². The molecule has 2 heteroatoms. The van der Waals surface area contributed by atoms with E-state index >= 15 is 0 Å². The highest BCUT2D eigenvalue weighted by molar-refractivity contribution is 6.31. The molecule has 80 valence electrons. The van der Waals surface area contributed by atoms with E-state index in [-0.39, 0.29) is 6.61 Å². The predicted molar refractivity (Wildman–Crippen MR) is 61.4 cm³/mol. The van der Waals surface area contributed by atoms with Crippen molar-refractivity contribution < 1.29 is 5.11 Å². The highest BCUT2D eigenvalue weighted by Gasteiger charge is 2.39. The smallest absolute Gasteiger partial charge is 0.0687 e. The molecule has 2 aliphatic carbocycles. The van der Waals surface area contributed by atoms with Crippen LogP contribution in [0.1, 0.15) is 53.4 Å². The molecule has 0 amide bonds. The summed E-state index contributed by atoms with van der Waals surface area (Å²) in [6.07, 6.45) is 3.88. The molecule has 1 saturated carbocycles. The van der Waals surface area contributed by atoms with Crippen LogP contribution in [0.3, 0.4) is 0 Å². The van der Waals surface area contributed by atoms with E-state index in [1.54, 1.807) is 0 Å². The van der Waals surface area contributed by atoms with Gasteiger partial charge in [0.2, 0.25) is 0 Å². The van der Waals surface area contributed by atoms with E-state index in [1.807, 2.05) is 6.92 Å². The topological polar surface area (TPSA) is 20.2 Å². The summed E-state index contributed by atoms with van der Waals surface area (Å²) in [4.78, 5) is 0. The number of rotatable bonds is 1. The van der Waals surface area contributed by atoms with Crippen LogP contribution in [0.2, 0.25) is 5.02 Å². The molecular weight excluding hydrogens is 208 g/mol. The zero-order valence-corrected chi connectivity index (χ0v) is 9.64. The molecule has 15 heavy (non-hydrogen) atoms. The molecular formula is C13H15ClO. The first-order valence-corrected chi connectivity index (χ1v) is 6.02. The number of aliphatic hydroxyl groups excluding tert-OH is 1. The molecule has 1 fully saturated rings. The fourth-order valence-electron chi connectivity index (χ4n) is 3.39. The minimum Gasteiger partial charge on any atom is -0.392 e. The Kier molecular flexibility index (Phi) is 2.08. The fraction of sp³-hybridized carbons (Fsp3) is 0.538. The fourth-order valence-corrected chi connectivity index (χ4v) is 3.62. The first-order chi connectivity index (χ1) is 7.22. The molecule has 0 heterocycles. The molecule has 0 aromatic heterocycles. The largest absolute Gasteiger partial charge is 0.392 e. The number of fused-ring (bicyclic) bond motifs is 5. The van der Waals surface area contributed by atoms with Crippen LogP contribution in [0.15, 0.2) is 6.07 Å². The van der Waals surface area contributed by atoms with Crippen molar-refractivity contribution in [1.82, 2.24) is 0 Å². The minimum atomic E-state index is 0.137. The van der Waals surface area contributed by atoms with Gasteiger partial charge in [-0.1, -0.05) is 11.6 Å². The Morgan fingerprint density at radius 2 is 2.13 bits per heavy atom. The second kappa shape index (κ2) is 3.23. The lowest BCUT2D eigenvalue weighted by atomic mass is 9.86. The van der Waals surface area contributed by atoms with Crippen molar-refractivity contribution in [3.05, 3.63) is 33.3 Å². The van der Waals surface area contributed by atoms with E-state index in [0.29, 0.717) is 11.8 Å². The first-order valence-electron chi connectivity index (χ1n) is 5.65. The van der Waals surface area contributed by atoms with Crippen LogP contribution in [0, 0.1) is 6.92 Å². The molecule has 2 atom stereocenters. The summed E-state index contributed by atoms with van der Waals surface area (Å²) in [6, 6.07) is 2.13. The van der Waals surface area contributed by atoms with Crippen LogP contribution in [0.5, 0.6) is 0 Å². The summed E-state index contributed by atoms with van der Waals surface area (Å²) in [5.74, 6) is 1.41. The third-order valence-corrected chi connectivity index (χ3v) is 4.56. The van der Waals surface area contributed by atoms with Crippen molar-refractivity contribution in [2.75, 3.05) is 0 Å². The molecule has 0 spiro atoms. The summed E-state index contributed by atoms with van der Waals surface area (Å²) in [6.45, 7) is 2.15. The van der Waals surface area contributed by atoms with Crippen LogP contribution in [-0.4, -0.2) is 5.11 Å². The Bertz CT molecular complexity index is 425. The maximum absolute atomic E-state index is 9.48. The zero-order valence-electron chi connectivity index (χ0n) is 8.89. The Morgan fingerprint density at radius 1 is 1.40 bits per heavy atom. The molecule has 1 aromatic rings. The van der Waals surface area contributed by atoms with E-state index < -0.39 is 0 Å². The molecule has 2 bridgehead atoms. The maximum atomic E-state index is 9.48. The van der Waals surface area contributed by atoms with Gasteiger partial charge in [0.15, 0.2) is 0 Å². The number of aliphatic hydroxyl groups is 1. The summed E-state index contributed by atoms with van der Waals surface area (Å²) in [7, 11) is 0. The van der Waals surface area contributed by atoms with E-state index in [2.05, 4.69) is 6.07 Å². The van der Waals surface area contributed by atoms with Gasteiger partial charge in [-0.25, -0.2) is 0 Å². The predicted octanol–water partition coefficient (Wildman–Crippen LogP) is 3.51. The van der Waals surface area contributed by atoms with Crippen LogP contribution in [0.4, 0.5) is 0 Å². The van der Waals surface area contributed by atoms with Gasteiger partial charge in [0.25, 0.3) is 0 Å². The summed E-state index contributed by atoms with van der Waals surface area (Å²) < 4.78 is 0. The standard InChI is InChI=1S/C13H15ClO/c1-7-11(6-15)13-9-3-2-8(4-9)10(13)5-12(7)14/h5,8-9,15H,2-4,6H2,1H3. The van der Waals surface area contributed by atoms with E-state index in [9.17, 15) is 5.11 Å². The summed E-state index contributed by atoms with van der Waals surface area (Å²) in [5.41, 5.74) is 5.02. The molecule has 1 nitrogen and oxygen atoms in total. The molecule has 0 aliphatic heterocycles. The quantitative estimate of drug-likeness (QED) is 0.771. The van der Waals surface area contributed by atoms with Gasteiger partial charge in [0, 0.05) is 5.02 Å². The van der Waals surface area contributed by atoms with Crippen LogP contribution in [0.25, 0.3) is 0 Å². The second-order valence-corrected chi connectivity index (χ2v) is 5.24. The van der Waals surface area contributed by atoms with Gasteiger partial charge < -0.3 is 5.11 Å². The average molecular weight is 223 g/mol. The number of benzene rings is 1. The lowest BCUT2D eigenvalue weighted by Crippen LogP contribution is -2.05. The normalized spacial score (nSPS) is 27.1. The molecule has 0 radical (unpaired) electrons. The van der Waals surface area contributed by atoms with Gasteiger partial charge in [-0.2, -0.15) is 0 Å². The van der Waals surface area contributed by atoms with Gasteiger partial charge in [-0.05, 0) is 66.3 Å². The average Bonchev–Trinajstić information content (AvgIpc) is 2.80. The van der Waals surface area contributed by atoms with Crippen molar-refractivity contribution in [2.45, 2.75) is 44.6 Å². The van der Waals surface area contributed by atoms with E-state index in [0.717, 1.165) is 16.1 Å². The highest BCUT2D eigenvalue weighted by atomic mass is 35.5. The van der Waals surface area contributed by atoms with Crippen molar-refractivity contribution in [3.8, 4) is 0 Å². The van der Waals surface area contributed by atoms with Gasteiger partial charge >= 0.3 is 0 Å². The highest BCUT2D eigenvalue weighted by Crippen LogP contribution is 2.55. The van der Waals surface area contributed by atoms with Crippen molar-refractivity contribution in [2.24, 2.45) is 0 Å². The van der Waals surface area contributed by atoms with Gasteiger partial charge in [0.1, 0.15) is 0 Å². The molecule has 2 unspecified atom stereocenters. The Morgan fingerprint density at radius 3 is 2.87 bits per heavy atom. The first kappa shape index (κ1) is 9.68. The van der Waals surface area contributed by atoms with E-state index in [4.69, 9.17) is 11.6 Å². The molecule has 1 aromatic carbocycles. The van der Waals surface area contributed by atoms with Crippen molar-refractivity contribution in [1.29, 1.82) is 0 Å². The number of halogens is 1. The SMILES string of the molecule is Cc1c(Cl)cc2c(c1CO)C1CCC2C1. The van der Waals surface area contributed by atoms with Crippen LogP contribution in [-0.2, 0) is 6.61 Å². The third-order valence-electron chi connectivity index (χ3n) is 4.17. The lowest BCUT2D eigenvalue weighted by molar-refractivity contribution is 0.279.